The van der Waals surface area contributed by atoms with Crippen LogP contribution in [0.2, 0.25) is 0 Å². The molecule has 0 aromatic carbocycles. The second kappa shape index (κ2) is 4.39. The molecule has 4 N–H and O–H groups in total. The Bertz CT molecular complexity index is 282. The van der Waals surface area contributed by atoms with E-state index in [9.17, 15) is 4.79 Å². The van der Waals surface area contributed by atoms with Gasteiger partial charge in [0.2, 0.25) is 11.9 Å². The second-order valence-electron chi connectivity index (χ2n) is 2.68. The lowest BCUT2D eigenvalue weighted by Gasteiger charge is -1.99. The summed E-state index contributed by atoms with van der Waals surface area (Å²) in [7, 11) is 0. The van der Waals surface area contributed by atoms with Crippen LogP contribution in [0.5, 0.6) is 0 Å². The van der Waals surface area contributed by atoms with Crippen molar-refractivity contribution in [2.45, 2.75) is 25.8 Å². The van der Waals surface area contributed by atoms with Crippen LogP contribution in [0.15, 0.2) is 0 Å². The third kappa shape index (κ3) is 3.06. The highest BCUT2D eigenvalue weighted by Crippen LogP contribution is 1.99. The third-order valence-electron chi connectivity index (χ3n) is 1.60. The van der Waals surface area contributed by atoms with Crippen molar-refractivity contribution in [2.24, 2.45) is 5.73 Å². The van der Waals surface area contributed by atoms with Gasteiger partial charge in [-0.15, -0.1) is 0 Å². The first kappa shape index (κ1) is 9.43. The zero-order valence-corrected chi connectivity index (χ0v) is 7.18. The van der Waals surface area contributed by atoms with E-state index in [4.69, 9.17) is 11.5 Å². The Kier molecular flexibility index (Phi) is 3.18. The molecule has 7 heteroatoms. The molecular weight excluding hydrogens is 172 g/mol. The molecule has 7 nitrogen and oxygen atoms in total. The quantitative estimate of drug-likeness (QED) is 0.564. The van der Waals surface area contributed by atoms with Gasteiger partial charge in [-0.05, 0) is 23.3 Å². The van der Waals surface area contributed by atoms with Crippen molar-refractivity contribution in [3.05, 3.63) is 0 Å². The number of carbonyl (C=O) groups is 1. The van der Waals surface area contributed by atoms with Crippen LogP contribution in [0.25, 0.3) is 0 Å². The minimum Gasteiger partial charge on any atom is -0.370 e. The molecule has 0 saturated carbocycles. The lowest BCUT2D eigenvalue weighted by molar-refractivity contribution is -0.118. The second-order valence-corrected chi connectivity index (χ2v) is 2.68. The van der Waals surface area contributed by atoms with Crippen molar-refractivity contribution < 1.29 is 4.79 Å². The number of anilines is 1. The monoisotopic (exact) mass is 184 g/mol. The number of tetrazole rings is 1. The summed E-state index contributed by atoms with van der Waals surface area (Å²) in [4.78, 5) is 10.4. The Morgan fingerprint density at radius 3 is 2.77 bits per heavy atom. The highest BCUT2D eigenvalue weighted by atomic mass is 16.1. The van der Waals surface area contributed by atoms with Crippen LogP contribution in [0.4, 0.5) is 5.95 Å². The summed E-state index contributed by atoms with van der Waals surface area (Å²) in [5.41, 5.74) is 10.4. The highest BCUT2D eigenvalue weighted by Gasteiger charge is 2.00. The van der Waals surface area contributed by atoms with E-state index in [1.165, 1.54) is 4.68 Å². The Balaban J connectivity index is 2.20. The number of amides is 1. The van der Waals surface area contributed by atoms with E-state index in [1.54, 1.807) is 0 Å². The van der Waals surface area contributed by atoms with Gasteiger partial charge in [0.1, 0.15) is 0 Å². The van der Waals surface area contributed by atoms with Crippen LogP contribution < -0.4 is 11.5 Å². The SMILES string of the molecule is NC(=O)CCCCn1nnnc1N. The van der Waals surface area contributed by atoms with Crippen molar-refractivity contribution in [1.82, 2.24) is 20.2 Å². The number of unbranched alkanes of at least 4 members (excludes halogenated alkanes) is 1. The van der Waals surface area contributed by atoms with Gasteiger partial charge < -0.3 is 11.5 Å². The molecule has 0 fully saturated rings. The molecule has 0 atom stereocenters. The zero-order valence-electron chi connectivity index (χ0n) is 7.18. The van der Waals surface area contributed by atoms with E-state index >= 15 is 0 Å². The molecular formula is C6H12N6O. The number of hydrogen-bond donors (Lipinski definition) is 2. The minimum absolute atomic E-state index is 0.287. The Morgan fingerprint density at radius 1 is 1.46 bits per heavy atom. The van der Waals surface area contributed by atoms with E-state index < -0.39 is 0 Å². The number of nitrogens with zero attached hydrogens (tertiary/aromatic N) is 4. The first-order valence-electron chi connectivity index (χ1n) is 4.00. The molecule has 0 aliphatic carbocycles. The van der Waals surface area contributed by atoms with Crippen LogP contribution >= 0.6 is 0 Å². The maximum Gasteiger partial charge on any atom is 0.240 e. The summed E-state index contributed by atoms with van der Waals surface area (Å²) in [6.07, 6.45) is 1.91. The highest BCUT2D eigenvalue weighted by molar-refractivity contribution is 5.73. The maximum atomic E-state index is 10.4. The number of rotatable bonds is 5. The van der Waals surface area contributed by atoms with Gasteiger partial charge >= 0.3 is 0 Å². The van der Waals surface area contributed by atoms with Crippen molar-refractivity contribution in [1.29, 1.82) is 0 Å². The fourth-order valence-electron chi connectivity index (χ4n) is 0.932. The number of hydrogen-bond acceptors (Lipinski definition) is 5. The summed E-state index contributed by atoms with van der Waals surface area (Å²) < 4.78 is 1.49. The molecule has 0 aliphatic heterocycles. The predicted octanol–water partition coefficient (Wildman–Crippen LogP) is -1.09. The summed E-state index contributed by atoms with van der Waals surface area (Å²) in [6, 6.07) is 0. The lowest BCUT2D eigenvalue weighted by atomic mass is 10.2. The molecule has 0 spiro atoms. The third-order valence-corrected chi connectivity index (χ3v) is 1.60. The molecule has 13 heavy (non-hydrogen) atoms. The number of carbonyl (C=O) groups excluding carboxylic acids is 1. The van der Waals surface area contributed by atoms with Crippen LogP contribution in [0.1, 0.15) is 19.3 Å². The van der Waals surface area contributed by atoms with Crippen molar-refractivity contribution in [3.8, 4) is 0 Å². The largest absolute Gasteiger partial charge is 0.370 e. The number of nitrogens with two attached hydrogens (primary N) is 2. The van der Waals surface area contributed by atoms with Crippen LogP contribution in [-0.2, 0) is 11.3 Å². The van der Waals surface area contributed by atoms with Gasteiger partial charge in [-0.3, -0.25) is 4.79 Å². The fourth-order valence-corrected chi connectivity index (χ4v) is 0.932. The Hall–Kier alpha value is -1.66. The van der Waals surface area contributed by atoms with Gasteiger partial charge in [-0.2, -0.15) is 0 Å². The number of aromatic nitrogens is 4. The molecule has 1 rings (SSSR count). The van der Waals surface area contributed by atoms with Crippen LogP contribution in [0, 0.1) is 0 Å². The number of primary amides is 1. The van der Waals surface area contributed by atoms with E-state index in [2.05, 4.69) is 15.5 Å². The molecule has 0 unspecified atom stereocenters. The normalized spacial score (nSPS) is 10.2. The van der Waals surface area contributed by atoms with Gasteiger partial charge in [0.15, 0.2) is 0 Å². The summed E-state index contributed by atoms with van der Waals surface area (Å²) in [5.74, 6) is 0.00348. The molecule has 0 radical (unpaired) electrons. The van der Waals surface area contributed by atoms with Gasteiger partial charge in [0, 0.05) is 13.0 Å². The minimum atomic E-state index is -0.287. The molecule has 1 amide bonds. The van der Waals surface area contributed by atoms with E-state index in [0.29, 0.717) is 18.9 Å². The maximum absolute atomic E-state index is 10.4. The standard InChI is InChI=1S/C6H12N6O/c7-5(13)3-1-2-4-12-6(8)9-10-11-12/h1-4H2,(H2,7,13)(H2,8,9,11). The topological polar surface area (TPSA) is 113 Å². The van der Waals surface area contributed by atoms with E-state index in [1.807, 2.05) is 0 Å². The van der Waals surface area contributed by atoms with Crippen LogP contribution in [-0.4, -0.2) is 26.1 Å². The van der Waals surface area contributed by atoms with Crippen molar-refractivity contribution in [3.63, 3.8) is 0 Å². The number of nitrogen functional groups attached to an aromatic ring is 1. The number of aryl methyl sites for hydroxylation is 1. The molecule has 0 aliphatic rings. The van der Waals surface area contributed by atoms with E-state index in [-0.39, 0.29) is 5.91 Å². The lowest BCUT2D eigenvalue weighted by Crippen LogP contribution is -2.11. The molecule has 72 valence electrons. The average Bonchev–Trinajstić information content (AvgIpc) is 2.45. The van der Waals surface area contributed by atoms with Gasteiger partial charge in [-0.1, -0.05) is 5.10 Å². The first-order valence-corrected chi connectivity index (χ1v) is 4.00. The zero-order chi connectivity index (χ0) is 9.68. The summed E-state index contributed by atoms with van der Waals surface area (Å²) in [5, 5.41) is 10.5. The fraction of sp³-hybridized carbons (Fsp3) is 0.667. The summed E-state index contributed by atoms with van der Waals surface area (Å²) >= 11 is 0. The molecule has 1 aromatic rings. The Morgan fingerprint density at radius 2 is 2.23 bits per heavy atom. The van der Waals surface area contributed by atoms with Gasteiger partial charge in [-0.25, -0.2) is 4.68 Å². The molecule has 1 aromatic heterocycles. The van der Waals surface area contributed by atoms with Crippen LogP contribution in [0.3, 0.4) is 0 Å². The summed E-state index contributed by atoms with van der Waals surface area (Å²) in [6.45, 7) is 0.617. The van der Waals surface area contributed by atoms with Crippen molar-refractivity contribution in [2.75, 3.05) is 5.73 Å². The predicted molar refractivity (Wildman–Crippen MR) is 45.3 cm³/mol. The first-order chi connectivity index (χ1) is 6.20. The van der Waals surface area contributed by atoms with Gasteiger partial charge in [0.05, 0.1) is 0 Å². The van der Waals surface area contributed by atoms with E-state index in [0.717, 1.165) is 12.8 Å². The molecule has 0 saturated heterocycles. The average molecular weight is 184 g/mol. The Labute approximate surface area is 75.1 Å². The van der Waals surface area contributed by atoms with Gasteiger partial charge in [0.25, 0.3) is 0 Å². The molecule has 0 bridgehead atoms. The smallest absolute Gasteiger partial charge is 0.240 e. The molecule has 1 heterocycles. The van der Waals surface area contributed by atoms with Crippen molar-refractivity contribution >= 4 is 11.9 Å².